The Kier molecular flexibility index (Phi) is 7.03. The van der Waals surface area contributed by atoms with Crippen molar-refractivity contribution < 1.29 is 8.83 Å². The van der Waals surface area contributed by atoms with E-state index in [1.807, 2.05) is 59.9 Å². The normalized spacial score (nSPS) is 11.9. The summed E-state index contributed by atoms with van der Waals surface area (Å²) < 4.78 is 15.4. The number of furan rings is 2. The van der Waals surface area contributed by atoms with Crippen LogP contribution in [-0.4, -0.2) is 15.0 Å². The molecular weight excluding hydrogens is 719 g/mol. The molecule has 6 heteroatoms. The molecule has 266 valence electrons. The average Bonchev–Trinajstić information content (AvgIpc) is 3.97. The van der Waals surface area contributed by atoms with Crippen LogP contribution in [0.15, 0.2) is 185 Å². The van der Waals surface area contributed by atoms with Gasteiger partial charge in [-0.25, -0.2) is 15.0 Å². The van der Waals surface area contributed by atoms with Crippen molar-refractivity contribution in [1.82, 2.24) is 15.0 Å². The summed E-state index contributed by atoms with van der Waals surface area (Å²) in [5, 5.41) is 6.81. The molecule has 4 heterocycles. The first-order valence-electron chi connectivity index (χ1n) is 18.9. The fourth-order valence-electron chi connectivity index (χ4n) is 8.19. The van der Waals surface area contributed by atoms with E-state index in [1.165, 1.54) is 20.2 Å². The molecule has 0 aliphatic carbocycles. The lowest BCUT2D eigenvalue weighted by molar-refractivity contribution is 0.668. The summed E-state index contributed by atoms with van der Waals surface area (Å²) in [4.78, 5) is 15.4. The van der Waals surface area contributed by atoms with E-state index in [0.717, 1.165) is 82.8 Å². The average molecular weight is 748 g/mol. The highest BCUT2D eigenvalue weighted by Crippen LogP contribution is 2.40. The first kappa shape index (κ1) is 31.9. The molecule has 12 aromatic rings. The van der Waals surface area contributed by atoms with E-state index in [9.17, 15) is 0 Å². The van der Waals surface area contributed by atoms with E-state index >= 15 is 0 Å². The molecule has 0 bridgehead atoms. The summed E-state index contributed by atoms with van der Waals surface area (Å²) in [6, 6.07) is 61.0. The van der Waals surface area contributed by atoms with Crippen LogP contribution < -0.4 is 0 Å². The molecule has 4 aromatic heterocycles. The first-order chi connectivity index (χ1) is 28.2. The fraction of sp³-hybridized carbons (Fsp3) is 0. The van der Waals surface area contributed by atoms with Gasteiger partial charge in [0.25, 0.3) is 0 Å². The van der Waals surface area contributed by atoms with E-state index in [2.05, 4.69) is 127 Å². The van der Waals surface area contributed by atoms with Crippen LogP contribution in [0.25, 0.3) is 120 Å². The third-order valence-corrected chi connectivity index (χ3v) is 12.1. The molecule has 0 fully saturated rings. The second kappa shape index (κ2) is 12.6. The number of thiophene rings is 1. The van der Waals surface area contributed by atoms with E-state index in [4.69, 9.17) is 23.8 Å². The smallest absolute Gasteiger partial charge is 0.164 e. The minimum absolute atomic E-state index is 0.557. The molecule has 0 spiro atoms. The maximum atomic E-state index is 6.52. The van der Waals surface area contributed by atoms with Gasteiger partial charge in [-0.15, -0.1) is 11.3 Å². The molecule has 12 rings (SSSR count). The van der Waals surface area contributed by atoms with Crippen molar-refractivity contribution in [1.29, 1.82) is 0 Å². The molecule has 0 saturated heterocycles. The number of hydrogen-bond donors (Lipinski definition) is 0. The Labute approximate surface area is 330 Å². The van der Waals surface area contributed by atoms with Gasteiger partial charge in [0, 0.05) is 58.4 Å². The Morgan fingerprint density at radius 1 is 0.316 bits per heavy atom. The van der Waals surface area contributed by atoms with Gasteiger partial charge in [-0.05, 0) is 82.9 Å². The van der Waals surface area contributed by atoms with Crippen molar-refractivity contribution in [2.24, 2.45) is 0 Å². The van der Waals surface area contributed by atoms with Crippen molar-refractivity contribution in [2.75, 3.05) is 0 Å². The van der Waals surface area contributed by atoms with Crippen LogP contribution in [0.1, 0.15) is 0 Å². The number of para-hydroxylation sites is 1. The lowest BCUT2D eigenvalue weighted by Gasteiger charge is -2.10. The van der Waals surface area contributed by atoms with Crippen LogP contribution in [0, 0.1) is 0 Å². The van der Waals surface area contributed by atoms with E-state index in [-0.39, 0.29) is 0 Å². The van der Waals surface area contributed by atoms with Gasteiger partial charge in [0.15, 0.2) is 17.5 Å². The van der Waals surface area contributed by atoms with Crippen molar-refractivity contribution in [3.63, 3.8) is 0 Å². The van der Waals surface area contributed by atoms with Crippen LogP contribution in [0.3, 0.4) is 0 Å². The topological polar surface area (TPSA) is 65.0 Å². The van der Waals surface area contributed by atoms with Gasteiger partial charge < -0.3 is 8.83 Å². The minimum Gasteiger partial charge on any atom is -0.456 e. The Bertz CT molecular complexity index is 3540. The molecule has 0 N–H and O–H groups in total. The highest BCUT2D eigenvalue weighted by Gasteiger charge is 2.18. The summed E-state index contributed by atoms with van der Waals surface area (Å²) in [6.07, 6.45) is 0. The SMILES string of the molecule is c1ccc(-c2cccc3oc4cc(-c5nc(-c6cccc(-c7ccc8sc9ccccc9c8c7)c6)nc(-c6ccc7c(c6)oc6ccccc67)n5)ccc4c23)cc1. The lowest BCUT2D eigenvalue weighted by Crippen LogP contribution is -2.00. The van der Waals surface area contributed by atoms with Crippen molar-refractivity contribution in [3.05, 3.63) is 176 Å². The van der Waals surface area contributed by atoms with E-state index in [0.29, 0.717) is 17.5 Å². The second-order valence-corrected chi connectivity index (χ2v) is 15.4. The zero-order chi connectivity index (χ0) is 37.5. The lowest BCUT2D eigenvalue weighted by atomic mass is 9.99. The number of rotatable bonds is 5. The zero-order valence-electron chi connectivity index (χ0n) is 30.3. The van der Waals surface area contributed by atoms with Crippen LogP contribution in [-0.2, 0) is 0 Å². The number of benzene rings is 8. The van der Waals surface area contributed by atoms with Gasteiger partial charge in [0.1, 0.15) is 22.3 Å². The maximum absolute atomic E-state index is 6.52. The first-order valence-corrected chi connectivity index (χ1v) is 19.7. The molecular formula is C51H29N3O2S. The third kappa shape index (κ3) is 5.26. The van der Waals surface area contributed by atoms with Crippen LogP contribution >= 0.6 is 11.3 Å². The summed E-state index contributed by atoms with van der Waals surface area (Å²) in [7, 11) is 0. The zero-order valence-corrected chi connectivity index (χ0v) is 31.1. The third-order valence-electron chi connectivity index (χ3n) is 10.9. The molecule has 0 aliphatic heterocycles. The van der Waals surface area contributed by atoms with Gasteiger partial charge in [0.05, 0.1) is 0 Å². The Morgan fingerprint density at radius 2 is 0.860 bits per heavy atom. The standard InChI is InChI=1S/C51H29N3O2S/c1-2-10-30(11-3-1)36-16-9-18-43-48(36)40-24-21-35(29-45(40)56-43)51-53-49(52-50(54-51)34-20-23-38-37-14-4-6-17-42(37)55-44(38)28-34)33-13-8-12-31(26-33)32-22-25-47-41(27-32)39-15-5-7-19-46(39)57-47/h1-29H. The highest BCUT2D eigenvalue weighted by atomic mass is 32.1. The number of nitrogens with zero attached hydrogens (tertiary/aromatic N) is 3. The van der Waals surface area contributed by atoms with Crippen LogP contribution in [0.5, 0.6) is 0 Å². The second-order valence-electron chi connectivity index (χ2n) is 14.4. The van der Waals surface area contributed by atoms with Gasteiger partial charge in [-0.3, -0.25) is 0 Å². The molecule has 0 amide bonds. The predicted octanol–water partition coefficient (Wildman–Crippen LogP) is 14.4. The molecule has 0 atom stereocenters. The molecule has 0 saturated carbocycles. The van der Waals surface area contributed by atoms with Gasteiger partial charge in [-0.1, -0.05) is 115 Å². The van der Waals surface area contributed by atoms with Crippen molar-refractivity contribution in [2.45, 2.75) is 0 Å². The Hall–Kier alpha value is -7.41. The molecule has 57 heavy (non-hydrogen) atoms. The van der Waals surface area contributed by atoms with Gasteiger partial charge >= 0.3 is 0 Å². The Morgan fingerprint density at radius 3 is 1.68 bits per heavy atom. The quantitative estimate of drug-likeness (QED) is 0.175. The molecule has 5 nitrogen and oxygen atoms in total. The monoisotopic (exact) mass is 747 g/mol. The summed E-state index contributed by atoms with van der Waals surface area (Å²) in [5.41, 5.74) is 10.3. The molecule has 0 unspecified atom stereocenters. The van der Waals surface area contributed by atoms with Gasteiger partial charge in [0.2, 0.25) is 0 Å². The number of hydrogen-bond acceptors (Lipinski definition) is 6. The molecule has 8 aromatic carbocycles. The van der Waals surface area contributed by atoms with Gasteiger partial charge in [-0.2, -0.15) is 0 Å². The van der Waals surface area contributed by atoms with E-state index in [1.54, 1.807) is 0 Å². The molecule has 0 aliphatic rings. The van der Waals surface area contributed by atoms with Crippen LogP contribution in [0.4, 0.5) is 0 Å². The summed E-state index contributed by atoms with van der Waals surface area (Å²) >= 11 is 1.83. The Balaban J connectivity index is 1.02. The summed E-state index contributed by atoms with van der Waals surface area (Å²) in [6.45, 7) is 0. The molecule has 0 radical (unpaired) electrons. The van der Waals surface area contributed by atoms with Crippen LogP contribution in [0.2, 0.25) is 0 Å². The van der Waals surface area contributed by atoms with E-state index < -0.39 is 0 Å². The number of fused-ring (bicyclic) bond motifs is 9. The van der Waals surface area contributed by atoms with Crippen molar-refractivity contribution in [3.8, 4) is 56.4 Å². The predicted molar refractivity (Wildman–Crippen MR) is 234 cm³/mol. The highest BCUT2D eigenvalue weighted by molar-refractivity contribution is 7.25. The maximum Gasteiger partial charge on any atom is 0.164 e. The summed E-state index contributed by atoms with van der Waals surface area (Å²) in [5.74, 6) is 1.70. The van der Waals surface area contributed by atoms with Crippen molar-refractivity contribution >= 4 is 75.4 Å². The minimum atomic E-state index is 0.557. The largest absolute Gasteiger partial charge is 0.456 e. The number of aromatic nitrogens is 3. The fourth-order valence-corrected chi connectivity index (χ4v) is 9.28.